The van der Waals surface area contributed by atoms with Gasteiger partial charge in [0.15, 0.2) is 0 Å². The van der Waals surface area contributed by atoms with Gasteiger partial charge in [0, 0.05) is 19.2 Å². The molecule has 1 heterocycles. The number of rotatable bonds is 1. The van der Waals surface area contributed by atoms with E-state index in [2.05, 4.69) is 5.32 Å². The molecule has 1 aromatic carbocycles. The van der Waals surface area contributed by atoms with Crippen molar-refractivity contribution >= 4 is 17.5 Å². The van der Waals surface area contributed by atoms with Crippen molar-refractivity contribution in [3.8, 4) is 0 Å². The van der Waals surface area contributed by atoms with Crippen LogP contribution in [0, 0.1) is 11.6 Å². The minimum Gasteiger partial charge on any atom is -0.334 e. The van der Waals surface area contributed by atoms with Gasteiger partial charge in [0.1, 0.15) is 11.6 Å². The second kappa shape index (κ2) is 5.12. The van der Waals surface area contributed by atoms with E-state index < -0.39 is 23.4 Å². The van der Waals surface area contributed by atoms with Crippen molar-refractivity contribution in [3.63, 3.8) is 0 Å². The van der Waals surface area contributed by atoms with Crippen LogP contribution in [0.5, 0.6) is 0 Å². The van der Waals surface area contributed by atoms with E-state index in [0.29, 0.717) is 13.1 Å². The molecular formula is C12H12F2N2O2. The van der Waals surface area contributed by atoms with Gasteiger partial charge in [0.05, 0.1) is 5.69 Å². The molecule has 0 atom stereocenters. The highest BCUT2D eigenvalue weighted by molar-refractivity contribution is 6.39. The van der Waals surface area contributed by atoms with Crippen LogP contribution in [0.1, 0.15) is 12.8 Å². The summed E-state index contributed by atoms with van der Waals surface area (Å²) in [5.74, 6) is -3.11. The third-order valence-corrected chi connectivity index (χ3v) is 2.76. The van der Waals surface area contributed by atoms with Crippen LogP contribution >= 0.6 is 0 Å². The molecule has 0 spiro atoms. The van der Waals surface area contributed by atoms with Gasteiger partial charge < -0.3 is 10.2 Å². The predicted octanol–water partition coefficient (Wildman–Crippen LogP) is 1.53. The molecule has 2 rings (SSSR count). The van der Waals surface area contributed by atoms with Crippen LogP contribution in [-0.4, -0.2) is 29.8 Å². The maximum Gasteiger partial charge on any atom is 0.313 e. The molecule has 0 aromatic heterocycles. The van der Waals surface area contributed by atoms with E-state index in [0.717, 1.165) is 31.0 Å². The maximum absolute atomic E-state index is 13.3. The van der Waals surface area contributed by atoms with Crippen LogP contribution < -0.4 is 5.32 Å². The molecule has 2 amide bonds. The molecule has 0 aliphatic carbocycles. The molecule has 6 heteroatoms. The Bertz CT molecular complexity index is 485. The molecule has 0 bridgehead atoms. The molecule has 1 aliphatic rings. The quantitative estimate of drug-likeness (QED) is 0.772. The summed E-state index contributed by atoms with van der Waals surface area (Å²) in [6.45, 7) is 1.05. The third-order valence-electron chi connectivity index (χ3n) is 2.76. The van der Waals surface area contributed by atoms with E-state index >= 15 is 0 Å². The smallest absolute Gasteiger partial charge is 0.313 e. The molecule has 1 aromatic rings. The first-order valence-corrected chi connectivity index (χ1v) is 5.63. The summed E-state index contributed by atoms with van der Waals surface area (Å²) in [6, 6.07) is 2.67. The van der Waals surface area contributed by atoms with Gasteiger partial charge in [0.25, 0.3) is 0 Å². The van der Waals surface area contributed by atoms with Gasteiger partial charge >= 0.3 is 11.8 Å². The highest BCUT2D eigenvalue weighted by Crippen LogP contribution is 2.16. The minimum atomic E-state index is -0.943. The van der Waals surface area contributed by atoms with Gasteiger partial charge in [-0.3, -0.25) is 9.59 Å². The number of likely N-dealkylation sites (tertiary alicyclic amines) is 1. The van der Waals surface area contributed by atoms with Crippen molar-refractivity contribution in [2.45, 2.75) is 12.8 Å². The average Bonchev–Trinajstić information content (AvgIpc) is 2.86. The van der Waals surface area contributed by atoms with Crippen molar-refractivity contribution in [1.29, 1.82) is 0 Å². The predicted molar refractivity (Wildman–Crippen MR) is 60.8 cm³/mol. The Morgan fingerprint density at radius 1 is 1.17 bits per heavy atom. The minimum absolute atomic E-state index is 0.326. The van der Waals surface area contributed by atoms with Crippen LogP contribution in [0.15, 0.2) is 18.2 Å². The van der Waals surface area contributed by atoms with Crippen LogP contribution in [0.3, 0.4) is 0 Å². The monoisotopic (exact) mass is 254 g/mol. The van der Waals surface area contributed by atoms with Gasteiger partial charge in [-0.05, 0) is 25.0 Å². The first-order chi connectivity index (χ1) is 8.58. The zero-order chi connectivity index (χ0) is 13.1. The first-order valence-electron chi connectivity index (χ1n) is 5.63. The van der Waals surface area contributed by atoms with E-state index in [1.165, 1.54) is 4.90 Å². The Hall–Kier alpha value is -1.98. The van der Waals surface area contributed by atoms with E-state index in [4.69, 9.17) is 0 Å². The zero-order valence-electron chi connectivity index (χ0n) is 9.58. The lowest BCUT2D eigenvalue weighted by Crippen LogP contribution is -2.37. The van der Waals surface area contributed by atoms with Gasteiger partial charge in [-0.1, -0.05) is 0 Å². The fourth-order valence-corrected chi connectivity index (χ4v) is 1.83. The fourth-order valence-electron chi connectivity index (χ4n) is 1.83. The van der Waals surface area contributed by atoms with Crippen LogP contribution in [0.25, 0.3) is 0 Å². The SMILES string of the molecule is O=C(Nc1cc(F)ccc1F)C(=O)N1CCCC1. The summed E-state index contributed by atoms with van der Waals surface area (Å²) in [4.78, 5) is 24.6. The molecule has 1 saturated heterocycles. The molecule has 1 fully saturated rings. The van der Waals surface area contributed by atoms with Gasteiger partial charge in [0.2, 0.25) is 0 Å². The van der Waals surface area contributed by atoms with Gasteiger partial charge in [-0.2, -0.15) is 0 Å². The largest absolute Gasteiger partial charge is 0.334 e. The first kappa shape index (κ1) is 12.5. The summed E-state index contributed by atoms with van der Waals surface area (Å²) in [5, 5.41) is 2.08. The molecule has 1 aliphatic heterocycles. The van der Waals surface area contributed by atoms with Gasteiger partial charge in [-0.25, -0.2) is 8.78 Å². The molecule has 96 valence electrons. The Morgan fingerprint density at radius 3 is 2.50 bits per heavy atom. The highest BCUT2D eigenvalue weighted by atomic mass is 19.1. The normalized spacial score (nSPS) is 14.7. The molecule has 18 heavy (non-hydrogen) atoms. The second-order valence-electron chi connectivity index (χ2n) is 4.08. The van der Waals surface area contributed by atoms with Crippen molar-refractivity contribution in [3.05, 3.63) is 29.8 Å². The summed E-state index contributed by atoms with van der Waals surface area (Å²) in [6.07, 6.45) is 1.71. The molecule has 1 N–H and O–H groups in total. The molecule has 0 radical (unpaired) electrons. The van der Waals surface area contributed by atoms with E-state index in [9.17, 15) is 18.4 Å². The average molecular weight is 254 g/mol. The Labute approximate surface area is 103 Å². The number of anilines is 1. The number of hydrogen-bond acceptors (Lipinski definition) is 2. The van der Waals surface area contributed by atoms with E-state index in [1.807, 2.05) is 0 Å². The summed E-state index contributed by atoms with van der Waals surface area (Å²) < 4.78 is 26.2. The lowest BCUT2D eigenvalue weighted by molar-refractivity contribution is -0.142. The Kier molecular flexibility index (Phi) is 3.55. The maximum atomic E-state index is 13.3. The zero-order valence-corrected chi connectivity index (χ0v) is 9.58. The second-order valence-corrected chi connectivity index (χ2v) is 4.08. The van der Waals surface area contributed by atoms with Crippen LogP contribution in [-0.2, 0) is 9.59 Å². The van der Waals surface area contributed by atoms with Gasteiger partial charge in [-0.15, -0.1) is 0 Å². The number of carbonyl (C=O) groups excluding carboxylic acids is 2. The summed E-state index contributed by atoms with van der Waals surface area (Å²) in [5.41, 5.74) is -0.326. The molecule has 0 saturated carbocycles. The Morgan fingerprint density at radius 2 is 1.83 bits per heavy atom. The number of carbonyl (C=O) groups is 2. The highest BCUT2D eigenvalue weighted by Gasteiger charge is 2.25. The topological polar surface area (TPSA) is 49.4 Å². The third kappa shape index (κ3) is 2.64. The number of benzene rings is 1. The number of hydrogen-bond donors (Lipinski definition) is 1. The fraction of sp³-hybridized carbons (Fsp3) is 0.333. The number of nitrogens with zero attached hydrogens (tertiary/aromatic N) is 1. The number of nitrogens with one attached hydrogen (secondary N) is 1. The van der Waals surface area contributed by atoms with Crippen molar-refractivity contribution in [2.75, 3.05) is 18.4 Å². The Balaban J connectivity index is 2.06. The van der Waals surface area contributed by atoms with Crippen LogP contribution in [0.2, 0.25) is 0 Å². The number of amides is 2. The molecular weight excluding hydrogens is 242 g/mol. The van der Waals surface area contributed by atoms with Crippen molar-refractivity contribution < 1.29 is 18.4 Å². The van der Waals surface area contributed by atoms with E-state index in [1.54, 1.807) is 0 Å². The lowest BCUT2D eigenvalue weighted by Gasteiger charge is -2.14. The summed E-state index contributed by atoms with van der Waals surface area (Å²) >= 11 is 0. The standard InChI is InChI=1S/C12H12F2N2O2/c13-8-3-4-9(14)10(7-8)15-11(17)12(18)16-5-1-2-6-16/h3-4,7H,1-2,5-6H2,(H,15,17). The van der Waals surface area contributed by atoms with Crippen molar-refractivity contribution in [2.24, 2.45) is 0 Å². The van der Waals surface area contributed by atoms with E-state index in [-0.39, 0.29) is 5.69 Å². The van der Waals surface area contributed by atoms with Crippen LogP contribution in [0.4, 0.5) is 14.5 Å². The lowest BCUT2D eigenvalue weighted by atomic mass is 10.3. The molecule has 4 nitrogen and oxygen atoms in total. The number of halogens is 2. The van der Waals surface area contributed by atoms with Crippen molar-refractivity contribution in [1.82, 2.24) is 4.90 Å². The summed E-state index contributed by atoms with van der Waals surface area (Å²) in [7, 11) is 0. The molecule has 0 unspecified atom stereocenters.